The normalized spacial score (nSPS) is 21.1. The lowest BCUT2D eigenvalue weighted by Crippen LogP contribution is -2.44. The van der Waals surface area contributed by atoms with Crippen LogP contribution in [0.5, 0.6) is 0 Å². The number of anilines is 2. The molecule has 1 atom stereocenters. The maximum absolute atomic E-state index is 10.9. The van der Waals surface area contributed by atoms with Gasteiger partial charge in [0.05, 0.1) is 5.60 Å². The van der Waals surface area contributed by atoms with E-state index in [2.05, 4.69) is 27.0 Å². The molecule has 24 heavy (non-hydrogen) atoms. The standard InChI is InChI=1S/C17H22ClN5O/c1-22(15-9-14(18)20-16(19)21-15)11-17(24)7-8-23(12-17)10-13-5-3-2-4-6-13/h2-6,9,24H,7-8,10-12H2,1H3,(H2,19,20,21). The number of nitrogens with two attached hydrogens (primary N) is 1. The smallest absolute Gasteiger partial charge is 0.223 e. The number of aromatic nitrogens is 2. The van der Waals surface area contributed by atoms with E-state index >= 15 is 0 Å². The Kier molecular flexibility index (Phi) is 4.89. The molecular formula is C17H22ClN5O. The Balaban J connectivity index is 1.62. The van der Waals surface area contributed by atoms with E-state index in [1.807, 2.05) is 30.1 Å². The van der Waals surface area contributed by atoms with Crippen molar-refractivity contribution in [2.24, 2.45) is 0 Å². The average molecular weight is 348 g/mol. The maximum atomic E-state index is 10.9. The highest BCUT2D eigenvalue weighted by atomic mass is 35.5. The molecule has 1 aromatic heterocycles. The van der Waals surface area contributed by atoms with Crippen molar-refractivity contribution in [3.63, 3.8) is 0 Å². The minimum absolute atomic E-state index is 0.133. The van der Waals surface area contributed by atoms with E-state index in [9.17, 15) is 5.11 Å². The highest BCUT2D eigenvalue weighted by Crippen LogP contribution is 2.26. The van der Waals surface area contributed by atoms with Crippen molar-refractivity contribution in [3.8, 4) is 0 Å². The number of likely N-dealkylation sites (N-methyl/N-ethyl adjacent to an activating group) is 1. The molecule has 7 heteroatoms. The summed E-state index contributed by atoms with van der Waals surface area (Å²) in [5, 5.41) is 11.2. The van der Waals surface area contributed by atoms with Gasteiger partial charge in [-0.2, -0.15) is 4.98 Å². The van der Waals surface area contributed by atoms with Crippen molar-refractivity contribution in [2.75, 3.05) is 37.3 Å². The topological polar surface area (TPSA) is 78.5 Å². The molecule has 1 fully saturated rings. The zero-order valence-electron chi connectivity index (χ0n) is 13.7. The summed E-state index contributed by atoms with van der Waals surface area (Å²) < 4.78 is 0. The van der Waals surface area contributed by atoms with Crippen molar-refractivity contribution < 1.29 is 5.11 Å². The molecule has 1 aliphatic heterocycles. The van der Waals surface area contributed by atoms with Crippen molar-refractivity contribution in [1.29, 1.82) is 0 Å². The summed E-state index contributed by atoms with van der Waals surface area (Å²) in [6.45, 7) is 2.80. The lowest BCUT2D eigenvalue weighted by atomic mass is 10.0. The Labute approximate surface area is 146 Å². The average Bonchev–Trinajstić information content (AvgIpc) is 2.88. The molecule has 6 nitrogen and oxygen atoms in total. The molecule has 2 heterocycles. The number of halogens is 1. The van der Waals surface area contributed by atoms with Crippen LogP contribution in [-0.4, -0.2) is 52.3 Å². The Bertz CT molecular complexity index is 678. The molecule has 1 unspecified atom stereocenters. The second-order valence-corrected chi connectivity index (χ2v) is 6.82. The van der Waals surface area contributed by atoms with Crippen LogP contribution in [0.15, 0.2) is 36.4 Å². The van der Waals surface area contributed by atoms with Crippen LogP contribution in [0.1, 0.15) is 12.0 Å². The molecule has 0 bridgehead atoms. The predicted molar refractivity (Wildman–Crippen MR) is 96.0 cm³/mol. The Morgan fingerprint density at radius 3 is 2.79 bits per heavy atom. The molecular weight excluding hydrogens is 326 g/mol. The summed E-state index contributed by atoms with van der Waals surface area (Å²) in [5.74, 6) is 0.746. The second-order valence-electron chi connectivity index (χ2n) is 6.43. The van der Waals surface area contributed by atoms with Crippen LogP contribution in [0.3, 0.4) is 0 Å². The quantitative estimate of drug-likeness (QED) is 0.803. The summed E-state index contributed by atoms with van der Waals surface area (Å²) in [6, 6.07) is 11.9. The fourth-order valence-corrected chi connectivity index (χ4v) is 3.37. The molecule has 1 aromatic carbocycles. The fourth-order valence-electron chi connectivity index (χ4n) is 3.19. The first-order chi connectivity index (χ1) is 11.4. The lowest BCUT2D eigenvalue weighted by Gasteiger charge is -2.29. The third kappa shape index (κ3) is 4.14. The molecule has 0 spiro atoms. The van der Waals surface area contributed by atoms with E-state index in [-0.39, 0.29) is 5.95 Å². The Hall–Kier alpha value is -1.89. The van der Waals surface area contributed by atoms with Crippen LogP contribution in [0.2, 0.25) is 5.15 Å². The van der Waals surface area contributed by atoms with Crippen LogP contribution in [0.4, 0.5) is 11.8 Å². The molecule has 0 radical (unpaired) electrons. The number of benzene rings is 1. The number of nitrogen functional groups attached to an aromatic ring is 1. The first kappa shape index (κ1) is 17.0. The molecule has 0 saturated carbocycles. The molecule has 2 aromatic rings. The van der Waals surface area contributed by atoms with Crippen molar-refractivity contribution >= 4 is 23.4 Å². The van der Waals surface area contributed by atoms with Gasteiger partial charge in [-0.1, -0.05) is 41.9 Å². The maximum Gasteiger partial charge on any atom is 0.223 e. The molecule has 3 rings (SSSR count). The van der Waals surface area contributed by atoms with E-state index in [0.717, 1.165) is 19.5 Å². The fraction of sp³-hybridized carbons (Fsp3) is 0.412. The van der Waals surface area contributed by atoms with Crippen LogP contribution < -0.4 is 10.6 Å². The Morgan fingerprint density at radius 1 is 1.33 bits per heavy atom. The number of rotatable bonds is 5. The summed E-state index contributed by atoms with van der Waals surface area (Å²) >= 11 is 5.93. The van der Waals surface area contributed by atoms with Crippen LogP contribution in [0, 0.1) is 0 Å². The predicted octanol–water partition coefficient (Wildman–Crippen LogP) is 1.79. The second kappa shape index (κ2) is 6.93. The summed E-state index contributed by atoms with van der Waals surface area (Å²) in [5.41, 5.74) is 6.12. The van der Waals surface area contributed by atoms with Gasteiger partial charge in [0.25, 0.3) is 0 Å². The number of likely N-dealkylation sites (tertiary alicyclic amines) is 1. The third-order valence-corrected chi connectivity index (χ3v) is 4.48. The van der Waals surface area contributed by atoms with Gasteiger partial charge in [-0.05, 0) is 12.0 Å². The molecule has 0 aliphatic carbocycles. The van der Waals surface area contributed by atoms with E-state index in [0.29, 0.717) is 24.1 Å². The van der Waals surface area contributed by atoms with Gasteiger partial charge in [0.2, 0.25) is 5.95 Å². The van der Waals surface area contributed by atoms with Gasteiger partial charge in [-0.25, -0.2) is 4.98 Å². The van der Waals surface area contributed by atoms with Crippen LogP contribution >= 0.6 is 11.6 Å². The van der Waals surface area contributed by atoms with Gasteiger partial charge in [0, 0.05) is 39.3 Å². The number of nitrogens with zero attached hydrogens (tertiary/aromatic N) is 4. The summed E-state index contributed by atoms with van der Waals surface area (Å²) in [7, 11) is 1.87. The molecule has 1 saturated heterocycles. The van der Waals surface area contributed by atoms with Gasteiger partial charge < -0.3 is 15.7 Å². The van der Waals surface area contributed by atoms with Gasteiger partial charge in [-0.3, -0.25) is 4.90 Å². The number of β-amino-alcohol motifs (C(OH)–C–C–N with tert-alkyl or cyclic N) is 1. The monoisotopic (exact) mass is 347 g/mol. The molecule has 128 valence electrons. The highest BCUT2D eigenvalue weighted by Gasteiger charge is 2.37. The number of aliphatic hydroxyl groups is 1. The minimum atomic E-state index is -0.782. The largest absolute Gasteiger partial charge is 0.387 e. The summed E-state index contributed by atoms with van der Waals surface area (Å²) in [6.07, 6.45) is 0.721. The third-order valence-electron chi connectivity index (χ3n) is 4.28. The van der Waals surface area contributed by atoms with Gasteiger partial charge >= 0.3 is 0 Å². The highest BCUT2D eigenvalue weighted by molar-refractivity contribution is 6.29. The summed E-state index contributed by atoms with van der Waals surface area (Å²) in [4.78, 5) is 12.2. The molecule has 0 amide bonds. The van der Waals surface area contributed by atoms with Crippen molar-refractivity contribution in [1.82, 2.24) is 14.9 Å². The van der Waals surface area contributed by atoms with E-state index in [1.54, 1.807) is 6.07 Å². The zero-order chi connectivity index (χ0) is 17.2. The molecule has 3 N–H and O–H groups in total. The van der Waals surface area contributed by atoms with Crippen LogP contribution in [0.25, 0.3) is 0 Å². The number of hydrogen-bond acceptors (Lipinski definition) is 6. The van der Waals surface area contributed by atoms with E-state index < -0.39 is 5.60 Å². The lowest BCUT2D eigenvalue weighted by molar-refractivity contribution is 0.0561. The van der Waals surface area contributed by atoms with Crippen molar-refractivity contribution in [2.45, 2.75) is 18.6 Å². The zero-order valence-corrected chi connectivity index (χ0v) is 14.4. The van der Waals surface area contributed by atoms with E-state index in [4.69, 9.17) is 17.3 Å². The first-order valence-electron chi connectivity index (χ1n) is 7.93. The van der Waals surface area contributed by atoms with Gasteiger partial charge in [0.1, 0.15) is 11.0 Å². The van der Waals surface area contributed by atoms with Crippen molar-refractivity contribution in [3.05, 3.63) is 47.1 Å². The van der Waals surface area contributed by atoms with Gasteiger partial charge in [-0.15, -0.1) is 0 Å². The minimum Gasteiger partial charge on any atom is -0.387 e. The van der Waals surface area contributed by atoms with Gasteiger partial charge in [0.15, 0.2) is 0 Å². The van der Waals surface area contributed by atoms with Crippen LogP contribution in [-0.2, 0) is 6.54 Å². The first-order valence-corrected chi connectivity index (χ1v) is 8.31. The SMILES string of the molecule is CN(CC1(O)CCN(Cc2ccccc2)C1)c1cc(Cl)nc(N)n1. The van der Waals surface area contributed by atoms with E-state index in [1.165, 1.54) is 5.56 Å². The molecule has 1 aliphatic rings. The Morgan fingerprint density at radius 2 is 2.08 bits per heavy atom. The number of hydrogen-bond donors (Lipinski definition) is 2.